The van der Waals surface area contributed by atoms with E-state index in [0.717, 1.165) is 0 Å². The first-order valence-electron chi connectivity index (χ1n) is 3.19. The molecule has 1 aromatic heterocycles. The van der Waals surface area contributed by atoms with Crippen LogP contribution in [0, 0.1) is 0 Å². The monoisotopic (exact) mass is 172 g/mol. The van der Waals surface area contributed by atoms with Crippen LogP contribution in [-0.2, 0) is 11.4 Å². The van der Waals surface area contributed by atoms with Crippen molar-refractivity contribution in [2.24, 2.45) is 0 Å². The number of anilines is 1. The second kappa shape index (κ2) is 3.79. The number of amides is 1. The zero-order chi connectivity index (χ0) is 8.97. The Kier molecular flexibility index (Phi) is 2.72. The van der Waals surface area contributed by atoms with Gasteiger partial charge in [0.25, 0.3) is 5.91 Å². The Balaban J connectivity index is 2.58. The molecule has 1 amide bonds. The summed E-state index contributed by atoms with van der Waals surface area (Å²) in [5.41, 5.74) is 0. The number of nitrogens with one attached hydrogen (secondary N) is 2. The summed E-state index contributed by atoms with van der Waals surface area (Å²) < 4.78 is 0. The first-order valence-corrected chi connectivity index (χ1v) is 3.19. The average Bonchev–Trinajstić information content (AvgIpc) is 2.52. The van der Waals surface area contributed by atoms with E-state index < -0.39 is 12.5 Å². The van der Waals surface area contributed by atoms with Gasteiger partial charge in [0.2, 0.25) is 5.95 Å². The smallest absolute Gasteiger partial charge is 0.252 e. The first kappa shape index (κ1) is 8.62. The maximum absolute atomic E-state index is 10.6. The molecule has 0 fully saturated rings. The van der Waals surface area contributed by atoms with Crippen molar-refractivity contribution in [2.75, 3.05) is 11.9 Å². The molecule has 0 atom stereocenters. The Morgan fingerprint density at radius 3 is 2.83 bits per heavy atom. The maximum Gasteiger partial charge on any atom is 0.252 e. The highest BCUT2D eigenvalue weighted by molar-refractivity contribution is 5.89. The lowest BCUT2D eigenvalue weighted by molar-refractivity contribution is -0.118. The van der Waals surface area contributed by atoms with Crippen LogP contribution in [0.2, 0.25) is 0 Å². The van der Waals surface area contributed by atoms with Gasteiger partial charge in [-0.1, -0.05) is 0 Å². The summed E-state index contributed by atoms with van der Waals surface area (Å²) in [6.45, 7) is -0.898. The lowest BCUT2D eigenvalue weighted by Gasteiger charge is -1.93. The zero-order valence-electron chi connectivity index (χ0n) is 6.11. The van der Waals surface area contributed by atoms with Gasteiger partial charge in [-0.05, 0) is 0 Å². The van der Waals surface area contributed by atoms with Crippen molar-refractivity contribution < 1.29 is 15.0 Å². The minimum Gasteiger partial charge on any atom is -0.388 e. The van der Waals surface area contributed by atoms with Gasteiger partial charge in [-0.15, -0.1) is 5.10 Å². The zero-order valence-corrected chi connectivity index (χ0v) is 6.11. The highest BCUT2D eigenvalue weighted by atomic mass is 16.3. The highest BCUT2D eigenvalue weighted by Gasteiger charge is 2.04. The molecule has 12 heavy (non-hydrogen) atoms. The fraction of sp³-hybridized carbons (Fsp3) is 0.400. The quantitative estimate of drug-likeness (QED) is 0.431. The maximum atomic E-state index is 10.6. The number of aromatic amines is 1. The molecule has 7 heteroatoms. The number of hydrogen-bond acceptors (Lipinski definition) is 5. The number of aliphatic hydroxyl groups excluding tert-OH is 2. The molecule has 0 aromatic carbocycles. The van der Waals surface area contributed by atoms with Gasteiger partial charge in [0, 0.05) is 0 Å². The molecule has 0 saturated carbocycles. The summed E-state index contributed by atoms with van der Waals surface area (Å²) in [5.74, 6) is -0.306. The standard InChI is InChI=1S/C5H8N4O3/c10-1-3-6-5(9-8-3)7-4(12)2-11/h10-11H,1-2H2,(H2,6,7,8,9,12). The summed E-state index contributed by atoms with van der Waals surface area (Å²) in [7, 11) is 0. The minimum absolute atomic E-state index is 0.0399. The molecule has 0 spiro atoms. The van der Waals surface area contributed by atoms with E-state index in [1.54, 1.807) is 0 Å². The predicted octanol–water partition coefficient (Wildman–Crippen LogP) is -1.77. The number of rotatable bonds is 3. The van der Waals surface area contributed by atoms with E-state index in [1.165, 1.54) is 0 Å². The van der Waals surface area contributed by atoms with Crippen molar-refractivity contribution in [3.05, 3.63) is 5.82 Å². The summed E-state index contributed by atoms with van der Waals surface area (Å²) >= 11 is 0. The fourth-order valence-electron chi connectivity index (χ4n) is 0.586. The van der Waals surface area contributed by atoms with Gasteiger partial charge in [0.05, 0.1) is 0 Å². The molecular formula is C5H8N4O3. The van der Waals surface area contributed by atoms with Crippen molar-refractivity contribution >= 4 is 11.9 Å². The SMILES string of the molecule is O=C(CO)Nc1n[nH]c(CO)n1. The number of aromatic nitrogens is 3. The molecule has 7 nitrogen and oxygen atoms in total. The summed E-state index contributed by atoms with van der Waals surface area (Å²) in [4.78, 5) is 14.2. The molecule has 0 aliphatic heterocycles. The van der Waals surface area contributed by atoms with Crippen molar-refractivity contribution in [1.82, 2.24) is 15.2 Å². The number of aliphatic hydroxyl groups is 2. The first-order chi connectivity index (χ1) is 5.76. The second-order valence-electron chi connectivity index (χ2n) is 1.97. The molecule has 1 heterocycles. The van der Waals surface area contributed by atoms with Gasteiger partial charge in [0.15, 0.2) is 5.82 Å². The van der Waals surface area contributed by atoms with E-state index in [-0.39, 0.29) is 18.4 Å². The number of carbonyl (C=O) groups excluding carboxylic acids is 1. The van der Waals surface area contributed by atoms with Crippen LogP contribution in [0.3, 0.4) is 0 Å². The number of nitrogens with zero attached hydrogens (tertiary/aromatic N) is 2. The molecule has 0 radical (unpaired) electrons. The third-order valence-corrected chi connectivity index (χ3v) is 1.08. The summed E-state index contributed by atoms with van der Waals surface area (Å²) in [6, 6.07) is 0. The average molecular weight is 172 g/mol. The Morgan fingerprint density at radius 2 is 2.33 bits per heavy atom. The topological polar surface area (TPSA) is 111 Å². The Bertz CT molecular complexity index is 271. The Hall–Kier alpha value is -1.47. The fourth-order valence-corrected chi connectivity index (χ4v) is 0.586. The lowest BCUT2D eigenvalue weighted by Crippen LogP contribution is -2.16. The van der Waals surface area contributed by atoms with E-state index in [1.807, 2.05) is 0 Å². The normalized spacial score (nSPS) is 9.83. The van der Waals surface area contributed by atoms with Crippen molar-refractivity contribution in [2.45, 2.75) is 6.61 Å². The number of carbonyl (C=O) groups is 1. The van der Waals surface area contributed by atoms with Crippen LogP contribution in [0.25, 0.3) is 0 Å². The minimum atomic E-state index is -0.622. The molecule has 0 saturated heterocycles. The van der Waals surface area contributed by atoms with Crippen molar-refractivity contribution in [3.63, 3.8) is 0 Å². The molecule has 1 rings (SSSR count). The molecule has 66 valence electrons. The third kappa shape index (κ3) is 2.01. The van der Waals surface area contributed by atoms with Crippen LogP contribution in [0.15, 0.2) is 0 Å². The molecule has 1 aromatic rings. The van der Waals surface area contributed by atoms with Gasteiger partial charge in [-0.2, -0.15) is 4.98 Å². The number of H-pyrrole nitrogens is 1. The van der Waals surface area contributed by atoms with Crippen LogP contribution < -0.4 is 5.32 Å². The van der Waals surface area contributed by atoms with Gasteiger partial charge in [0.1, 0.15) is 13.2 Å². The second-order valence-corrected chi connectivity index (χ2v) is 1.97. The summed E-state index contributed by atoms with van der Waals surface area (Å²) in [6.07, 6.45) is 0. The molecular weight excluding hydrogens is 164 g/mol. The van der Waals surface area contributed by atoms with Crippen LogP contribution in [0.4, 0.5) is 5.95 Å². The predicted molar refractivity (Wildman–Crippen MR) is 38.0 cm³/mol. The van der Waals surface area contributed by atoms with Gasteiger partial charge in [-0.3, -0.25) is 15.2 Å². The van der Waals surface area contributed by atoms with Gasteiger partial charge in [-0.25, -0.2) is 0 Å². The van der Waals surface area contributed by atoms with Crippen molar-refractivity contribution in [3.8, 4) is 0 Å². The number of hydrogen-bond donors (Lipinski definition) is 4. The third-order valence-electron chi connectivity index (χ3n) is 1.08. The Morgan fingerprint density at radius 1 is 1.58 bits per heavy atom. The lowest BCUT2D eigenvalue weighted by atomic mass is 10.6. The van der Waals surface area contributed by atoms with Crippen LogP contribution in [0.5, 0.6) is 0 Å². The van der Waals surface area contributed by atoms with E-state index in [2.05, 4.69) is 20.5 Å². The molecule has 0 unspecified atom stereocenters. The van der Waals surface area contributed by atoms with Crippen LogP contribution in [-0.4, -0.2) is 37.9 Å². The van der Waals surface area contributed by atoms with E-state index >= 15 is 0 Å². The Labute approximate surface area is 67.4 Å². The molecule has 0 aliphatic carbocycles. The van der Waals surface area contributed by atoms with E-state index in [0.29, 0.717) is 0 Å². The van der Waals surface area contributed by atoms with Crippen LogP contribution in [0.1, 0.15) is 5.82 Å². The molecule has 4 N–H and O–H groups in total. The summed E-state index contributed by atoms with van der Waals surface area (Å²) in [5, 5.41) is 25.0. The molecule has 0 aliphatic rings. The van der Waals surface area contributed by atoms with E-state index in [4.69, 9.17) is 10.2 Å². The largest absolute Gasteiger partial charge is 0.388 e. The van der Waals surface area contributed by atoms with Crippen LogP contribution >= 0.6 is 0 Å². The van der Waals surface area contributed by atoms with Crippen molar-refractivity contribution in [1.29, 1.82) is 0 Å². The highest BCUT2D eigenvalue weighted by Crippen LogP contribution is 1.96. The van der Waals surface area contributed by atoms with Gasteiger partial charge < -0.3 is 10.2 Å². The molecule has 0 bridgehead atoms. The van der Waals surface area contributed by atoms with E-state index in [9.17, 15) is 4.79 Å². The van der Waals surface area contributed by atoms with Gasteiger partial charge >= 0.3 is 0 Å².